The summed E-state index contributed by atoms with van der Waals surface area (Å²) < 4.78 is 10.5. The highest BCUT2D eigenvalue weighted by atomic mass is 16.5. The molecule has 0 aliphatic rings. The molecule has 0 heterocycles. The zero-order chi connectivity index (χ0) is 18.4. The van der Waals surface area contributed by atoms with Crippen molar-refractivity contribution in [3.63, 3.8) is 0 Å². The van der Waals surface area contributed by atoms with Gasteiger partial charge in [-0.1, -0.05) is 18.2 Å². The van der Waals surface area contributed by atoms with Crippen LogP contribution in [0.3, 0.4) is 0 Å². The highest BCUT2D eigenvalue weighted by Crippen LogP contribution is 2.31. The molecule has 0 radical (unpaired) electrons. The van der Waals surface area contributed by atoms with E-state index in [1.807, 2.05) is 13.8 Å². The molecule has 6 nitrogen and oxygen atoms in total. The number of rotatable bonds is 6. The maximum atomic E-state index is 12.7. The standard InChI is InChI=1S/C19H22N2O4/c1-12(2)20-18(22)13-8-5-6-10-15(13)21-19(23)14-9-7-11-16(24-3)17(14)25-4/h5-12H,1-4H3,(H,20,22)(H,21,23). The maximum Gasteiger partial charge on any atom is 0.259 e. The minimum absolute atomic E-state index is 0.00487. The Hall–Kier alpha value is -3.02. The summed E-state index contributed by atoms with van der Waals surface area (Å²) in [7, 11) is 2.98. The van der Waals surface area contributed by atoms with Gasteiger partial charge in [-0.05, 0) is 38.1 Å². The number of carbonyl (C=O) groups excluding carboxylic acids is 2. The summed E-state index contributed by atoms with van der Waals surface area (Å²) in [4.78, 5) is 25.0. The van der Waals surface area contributed by atoms with Crippen LogP contribution in [0.5, 0.6) is 11.5 Å². The minimum Gasteiger partial charge on any atom is -0.493 e. The molecule has 2 N–H and O–H groups in total. The van der Waals surface area contributed by atoms with Gasteiger partial charge >= 0.3 is 0 Å². The Morgan fingerprint density at radius 3 is 2.20 bits per heavy atom. The first-order valence-electron chi connectivity index (χ1n) is 7.90. The molecule has 25 heavy (non-hydrogen) atoms. The lowest BCUT2D eigenvalue weighted by atomic mass is 10.1. The Morgan fingerprint density at radius 1 is 0.880 bits per heavy atom. The molecule has 2 aromatic rings. The van der Waals surface area contributed by atoms with Crippen LogP contribution in [0.1, 0.15) is 34.6 Å². The molecule has 0 saturated heterocycles. The zero-order valence-corrected chi connectivity index (χ0v) is 14.8. The maximum absolute atomic E-state index is 12.7. The summed E-state index contributed by atoms with van der Waals surface area (Å²) in [5.41, 5.74) is 1.14. The van der Waals surface area contributed by atoms with Gasteiger partial charge in [-0.15, -0.1) is 0 Å². The van der Waals surface area contributed by atoms with Crippen LogP contribution < -0.4 is 20.1 Å². The third kappa shape index (κ3) is 4.29. The molecule has 0 atom stereocenters. The lowest BCUT2D eigenvalue weighted by Gasteiger charge is -2.15. The summed E-state index contributed by atoms with van der Waals surface area (Å²) in [6, 6.07) is 11.9. The van der Waals surface area contributed by atoms with Gasteiger partial charge in [0.1, 0.15) is 0 Å². The van der Waals surface area contributed by atoms with Gasteiger partial charge in [0, 0.05) is 6.04 Å². The summed E-state index contributed by atoms with van der Waals surface area (Å²) in [6.07, 6.45) is 0. The topological polar surface area (TPSA) is 76.7 Å². The molecule has 0 aliphatic carbocycles. The number of carbonyl (C=O) groups is 2. The fraction of sp³-hybridized carbons (Fsp3) is 0.263. The fourth-order valence-corrected chi connectivity index (χ4v) is 2.39. The average Bonchev–Trinajstić information content (AvgIpc) is 2.60. The van der Waals surface area contributed by atoms with Crippen LogP contribution >= 0.6 is 0 Å². The van der Waals surface area contributed by atoms with Crippen LogP contribution in [0.15, 0.2) is 42.5 Å². The van der Waals surface area contributed by atoms with Gasteiger partial charge < -0.3 is 20.1 Å². The SMILES string of the molecule is COc1cccc(C(=O)Nc2ccccc2C(=O)NC(C)C)c1OC. The molecule has 2 aromatic carbocycles. The number of amides is 2. The number of methoxy groups -OCH3 is 2. The van der Waals surface area contributed by atoms with Crippen molar-refractivity contribution in [2.45, 2.75) is 19.9 Å². The molecule has 6 heteroatoms. The van der Waals surface area contributed by atoms with Gasteiger partial charge in [-0.25, -0.2) is 0 Å². The predicted octanol–water partition coefficient (Wildman–Crippen LogP) is 3.09. The van der Waals surface area contributed by atoms with Crippen molar-refractivity contribution in [2.75, 3.05) is 19.5 Å². The van der Waals surface area contributed by atoms with Crippen molar-refractivity contribution in [1.82, 2.24) is 5.32 Å². The smallest absolute Gasteiger partial charge is 0.259 e. The van der Waals surface area contributed by atoms with Gasteiger partial charge in [0.25, 0.3) is 11.8 Å². The third-order valence-electron chi connectivity index (χ3n) is 3.49. The van der Waals surface area contributed by atoms with Crippen LogP contribution in [-0.2, 0) is 0 Å². The molecule has 2 amide bonds. The molecule has 2 rings (SSSR count). The zero-order valence-electron chi connectivity index (χ0n) is 14.8. The Morgan fingerprint density at radius 2 is 1.56 bits per heavy atom. The van der Waals surface area contributed by atoms with Crippen molar-refractivity contribution >= 4 is 17.5 Å². The molecule has 0 saturated carbocycles. The van der Waals surface area contributed by atoms with Gasteiger partial charge in [0.15, 0.2) is 11.5 Å². The van der Waals surface area contributed by atoms with Gasteiger partial charge in [-0.3, -0.25) is 9.59 Å². The van der Waals surface area contributed by atoms with E-state index in [1.54, 1.807) is 42.5 Å². The van der Waals surface area contributed by atoms with Crippen LogP contribution in [0.2, 0.25) is 0 Å². The van der Waals surface area contributed by atoms with E-state index in [4.69, 9.17) is 9.47 Å². The molecule has 0 bridgehead atoms. The highest BCUT2D eigenvalue weighted by Gasteiger charge is 2.19. The number of nitrogens with one attached hydrogen (secondary N) is 2. The van der Waals surface area contributed by atoms with Crippen LogP contribution in [0.25, 0.3) is 0 Å². The summed E-state index contributed by atoms with van der Waals surface area (Å²) >= 11 is 0. The first-order chi connectivity index (χ1) is 12.0. The lowest BCUT2D eigenvalue weighted by Crippen LogP contribution is -2.31. The van der Waals surface area contributed by atoms with Gasteiger partial charge in [-0.2, -0.15) is 0 Å². The number of hydrogen-bond acceptors (Lipinski definition) is 4. The van der Waals surface area contributed by atoms with Crippen LogP contribution in [0.4, 0.5) is 5.69 Å². The van der Waals surface area contributed by atoms with Crippen molar-refractivity contribution in [3.05, 3.63) is 53.6 Å². The normalized spacial score (nSPS) is 10.3. The number of ether oxygens (including phenoxy) is 2. The van der Waals surface area contributed by atoms with E-state index in [0.29, 0.717) is 28.3 Å². The quantitative estimate of drug-likeness (QED) is 0.846. The van der Waals surface area contributed by atoms with Crippen LogP contribution in [0, 0.1) is 0 Å². The van der Waals surface area contributed by atoms with E-state index in [-0.39, 0.29) is 17.9 Å². The number of benzene rings is 2. The molecule has 0 aromatic heterocycles. The molecule has 132 valence electrons. The Labute approximate surface area is 147 Å². The highest BCUT2D eigenvalue weighted by molar-refractivity contribution is 6.10. The second kappa shape index (κ2) is 8.19. The summed E-state index contributed by atoms with van der Waals surface area (Å²) in [5, 5.41) is 5.59. The Balaban J connectivity index is 2.32. The molecule has 0 spiro atoms. The van der Waals surface area contributed by atoms with E-state index < -0.39 is 0 Å². The minimum atomic E-state index is -0.388. The Kier molecular flexibility index (Phi) is 6.00. The number of anilines is 1. The molecule has 0 unspecified atom stereocenters. The Bertz CT molecular complexity index is 772. The first kappa shape index (κ1) is 18.3. The average molecular weight is 342 g/mol. The second-order valence-corrected chi connectivity index (χ2v) is 5.67. The van der Waals surface area contributed by atoms with Gasteiger partial charge in [0.05, 0.1) is 31.0 Å². The van der Waals surface area contributed by atoms with Crippen molar-refractivity contribution in [1.29, 1.82) is 0 Å². The monoisotopic (exact) mass is 342 g/mol. The number of para-hydroxylation sites is 2. The van der Waals surface area contributed by atoms with E-state index in [9.17, 15) is 9.59 Å². The molecular weight excluding hydrogens is 320 g/mol. The van der Waals surface area contributed by atoms with E-state index in [2.05, 4.69) is 10.6 Å². The molecular formula is C19H22N2O4. The van der Waals surface area contributed by atoms with Crippen LogP contribution in [-0.4, -0.2) is 32.1 Å². The lowest BCUT2D eigenvalue weighted by molar-refractivity contribution is 0.0944. The summed E-state index contributed by atoms with van der Waals surface area (Å²) in [6.45, 7) is 3.75. The molecule has 0 fully saturated rings. The van der Waals surface area contributed by atoms with Crippen molar-refractivity contribution in [3.8, 4) is 11.5 Å². The first-order valence-corrected chi connectivity index (χ1v) is 7.90. The van der Waals surface area contributed by atoms with E-state index >= 15 is 0 Å². The second-order valence-electron chi connectivity index (χ2n) is 5.67. The third-order valence-corrected chi connectivity index (χ3v) is 3.49. The molecule has 0 aliphatic heterocycles. The number of hydrogen-bond donors (Lipinski definition) is 2. The van der Waals surface area contributed by atoms with Crippen molar-refractivity contribution < 1.29 is 19.1 Å². The van der Waals surface area contributed by atoms with Crippen molar-refractivity contribution in [2.24, 2.45) is 0 Å². The predicted molar refractivity (Wildman–Crippen MR) is 96.5 cm³/mol. The van der Waals surface area contributed by atoms with E-state index in [0.717, 1.165) is 0 Å². The largest absolute Gasteiger partial charge is 0.493 e. The van der Waals surface area contributed by atoms with Gasteiger partial charge in [0.2, 0.25) is 0 Å². The van der Waals surface area contributed by atoms with E-state index in [1.165, 1.54) is 14.2 Å². The fourth-order valence-electron chi connectivity index (χ4n) is 2.39. The summed E-state index contributed by atoms with van der Waals surface area (Å²) in [5.74, 6) is 0.164.